The van der Waals surface area contributed by atoms with E-state index in [0.717, 1.165) is 31.7 Å². The summed E-state index contributed by atoms with van der Waals surface area (Å²) in [5, 5.41) is 2.77. The average molecular weight is 446 g/mol. The van der Waals surface area contributed by atoms with Crippen LogP contribution in [0.2, 0.25) is 0 Å². The predicted molar refractivity (Wildman–Crippen MR) is 117 cm³/mol. The molecule has 0 spiro atoms. The molecular weight excluding hydrogens is 418 g/mol. The molecule has 0 saturated carbocycles. The van der Waals surface area contributed by atoms with E-state index in [1.807, 2.05) is 0 Å². The second-order valence-corrected chi connectivity index (χ2v) is 9.86. The van der Waals surface area contributed by atoms with Gasteiger partial charge < -0.3 is 15.0 Å². The first-order valence-electron chi connectivity index (χ1n) is 10.5. The summed E-state index contributed by atoms with van der Waals surface area (Å²) in [7, 11) is -3.59. The van der Waals surface area contributed by atoms with Gasteiger partial charge in [0.05, 0.1) is 18.1 Å². The van der Waals surface area contributed by atoms with Crippen molar-refractivity contribution in [3.8, 4) is 0 Å². The minimum atomic E-state index is -3.59. The van der Waals surface area contributed by atoms with Gasteiger partial charge >= 0.3 is 0 Å². The van der Waals surface area contributed by atoms with Crippen molar-refractivity contribution < 1.29 is 17.9 Å². The maximum Gasteiger partial charge on any atom is 0.256 e. The number of nitrogens with zero attached hydrogens (tertiary/aromatic N) is 4. The van der Waals surface area contributed by atoms with Crippen LogP contribution in [0.25, 0.3) is 0 Å². The van der Waals surface area contributed by atoms with E-state index in [0.29, 0.717) is 43.6 Å². The van der Waals surface area contributed by atoms with Crippen LogP contribution in [0.1, 0.15) is 30.1 Å². The molecule has 1 N–H and O–H groups in total. The predicted octanol–water partition coefficient (Wildman–Crippen LogP) is 1.99. The van der Waals surface area contributed by atoms with E-state index in [2.05, 4.69) is 27.1 Å². The van der Waals surface area contributed by atoms with Crippen LogP contribution < -0.4 is 10.2 Å². The molecule has 1 aromatic carbocycles. The molecule has 2 aromatic rings. The van der Waals surface area contributed by atoms with Crippen molar-refractivity contribution in [2.24, 2.45) is 5.92 Å². The monoisotopic (exact) mass is 445 g/mol. The Morgan fingerprint density at radius 3 is 2.42 bits per heavy atom. The van der Waals surface area contributed by atoms with E-state index in [9.17, 15) is 13.2 Å². The van der Waals surface area contributed by atoms with E-state index >= 15 is 0 Å². The zero-order valence-corrected chi connectivity index (χ0v) is 18.3. The first-order chi connectivity index (χ1) is 14.9. The van der Waals surface area contributed by atoms with Gasteiger partial charge in [-0.1, -0.05) is 6.92 Å². The zero-order valence-electron chi connectivity index (χ0n) is 17.5. The van der Waals surface area contributed by atoms with Crippen molar-refractivity contribution in [2.45, 2.75) is 24.7 Å². The van der Waals surface area contributed by atoms with Crippen LogP contribution in [0.5, 0.6) is 0 Å². The standard InChI is InChI=1S/C21H27N5O4S/c1-16-6-8-25(9-7-16)20-14-19(22-15-23-20)24-21(27)17-2-4-18(5-3-17)31(28,29)26-10-12-30-13-11-26/h2-5,14-16H,6-13H2,1H3,(H,22,23,24,27). The molecule has 2 aliphatic heterocycles. The van der Waals surface area contributed by atoms with E-state index in [1.165, 1.54) is 34.9 Å². The third kappa shape index (κ3) is 5.03. The molecule has 2 fully saturated rings. The number of amides is 1. The van der Waals surface area contributed by atoms with Crippen LogP contribution in [0.4, 0.5) is 11.6 Å². The second-order valence-electron chi connectivity index (χ2n) is 7.93. The van der Waals surface area contributed by atoms with Crippen LogP contribution in [-0.4, -0.2) is 68.0 Å². The molecule has 0 radical (unpaired) electrons. The highest BCUT2D eigenvalue weighted by atomic mass is 32.2. The van der Waals surface area contributed by atoms with Crippen LogP contribution >= 0.6 is 0 Å². The molecule has 2 saturated heterocycles. The molecule has 0 atom stereocenters. The van der Waals surface area contributed by atoms with Gasteiger partial charge in [-0.15, -0.1) is 0 Å². The molecule has 9 nitrogen and oxygen atoms in total. The van der Waals surface area contributed by atoms with Gasteiger partial charge in [-0.25, -0.2) is 18.4 Å². The maximum absolute atomic E-state index is 12.7. The third-order valence-electron chi connectivity index (χ3n) is 5.73. The summed E-state index contributed by atoms with van der Waals surface area (Å²) >= 11 is 0. The summed E-state index contributed by atoms with van der Waals surface area (Å²) in [6.45, 7) is 5.55. The number of anilines is 2. The number of hydrogen-bond acceptors (Lipinski definition) is 7. The Morgan fingerprint density at radius 2 is 1.74 bits per heavy atom. The summed E-state index contributed by atoms with van der Waals surface area (Å²) < 4.78 is 32.0. The van der Waals surface area contributed by atoms with Crippen LogP contribution in [0.15, 0.2) is 41.6 Å². The number of sulfonamides is 1. The summed E-state index contributed by atoms with van der Waals surface area (Å²) in [5.74, 6) is 1.57. The van der Waals surface area contributed by atoms with E-state index in [-0.39, 0.29) is 10.8 Å². The van der Waals surface area contributed by atoms with E-state index in [4.69, 9.17) is 4.74 Å². The molecule has 31 heavy (non-hydrogen) atoms. The van der Waals surface area contributed by atoms with Crippen molar-refractivity contribution in [1.82, 2.24) is 14.3 Å². The van der Waals surface area contributed by atoms with Crippen LogP contribution in [-0.2, 0) is 14.8 Å². The summed E-state index contributed by atoms with van der Waals surface area (Å²) in [6, 6.07) is 7.71. The molecule has 3 heterocycles. The normalized spacial score (nSPS) is 18.7. The Bertz CT molecular complexity index is 1010. The number of aromatic nitrogens is 2. The van der Waals surface area contributed by atoms with Crippen molar-refractivity contribution in [3.63, 3.8) is 0 Å². The lowest BCUT2D eigenvalue weighted by Gasteiger charge is -2.31. The lowest BCUT2D eigenvalue weighted by Crippen LogP contribution is -2.40. The number of carbonyl (C=O) groups is 1. The first kappa shape index (κ1) is 21.7. The number of carbonyl (C=O) groups excluding carboxylic acids is 1. The molecule has 1 aromatic heterocycles. The Labute approximate surface area is 182 Å². The second kappa shape index (κ2) is 9.29. The molecular formula is C21H27N5O4S. The van der Waals surface area contributed by atoms with E-state index < -0.39 is 10.0 Å². The number of hydrogen-bond donors (Lipinski definition) is 1. The smallest absolute Gasteiger partial charge is 0.256 e. The number of benzene rings is 1. The van der Waals surface area contributed by atoms with Gasteiger partial charge in [-0.2, -0.15) is 4.31 Å². The Hall–Kier alpha value is -2.56. The number of rotatable bonds is 5. The van der Waals surface area contributed by atoms with Crippen molar-refractivity contribution in [3.05, 3.63) is 42.2 Å². The largest absolute Gasteiger partial charge is 0.379 e. The van der Waals surface area contributed by atoms with Crippen LogP contribution in [0.3, 0.4) is 0 Å². The quantitative estimate of drug-likeness (QED) is 0.750. The van der Waals surface area contributed by atoms with Gasteiger partial charge in [0.1, 0.15) is 18.0 Å². The van der Waals surface area contributed by atoms with Crippen molar-refractivity contribution in [2.75, 3.05) is 49.6 Å². The molecule has 0 aliphatic carbocycles. The third-order valence-corrected chi connectivity index (χ3v) is 7.64. The maximum atomic E-state index is 12.7. The highest BCUT2D eigenvalue weighted by Gasteiger charge is 2.26. The summed E-state index contributed by atoms with van der Waals surface area (Å²) in [5.41, 5.74) is 0.355. The molecule has 0 unspecified atom stereocenters. The zero-order chi connectivity index (χ0) is 21.8. The number of morpholine rings is 1. The van der Waals surface area contributed by atoms with Gasteiger partial charge in [-0.05, 0) is 43.0 Å². The minimum Gasteiger partial charge on any atom is -0.379 e. The Balaban J connectivity index is 1.43. The number of ether oxygens (including phenoxy) is 1. The highest BCUT2D eigenvalue weighted by molar-refractivity contribution is 7.89. The SMILES string of the molecule is CC1CCN(c2cc(NC(=O)c3ccc(S(=O)(=O)N4CCOCC4)cc3)ncn2)CC1. The van der Waals surface area contributed by atoms with Gasteiger partial charge in [0, 0.05) is 37.8 Å². The molecule has 2 aliphatic rings. The topological polar surface area (TPSA) is 105 Å². The fraction of sp³-hybridized carbons (Fsp3) is 0.476. The van der Waals surface area contributed by atoms with Crippen molar-refractivity contribution in [1.29, 1.82) is 0 Å². The highest BCUT2D eigenvalue weighted by Crippen LogP contribution is 2.23. The summed E-state index contributed by atoms with van der Waals surface area (Å²) in [6.07, 6.45) is 3.68. The number of nitrogens with one attached hydrogen (secondary N) is 1. The van der Waals surface area contributed by atoms with Gasteiger partial charge in [0.15, 0.2) is 0 Å². The Kier molecular flexibility index (Phi) is 6.49. The first-order valence-corrected chi connectivity index (χ1v) is 11.9. The molecule has 10 heteroatoms. The number of piperidine rings is 1. The van der Waals surface area contributed by atoms with Crippen LogP contribution in [0, 0.1) is 5.92 Å². The molecule has 4 rings (SSSR count). The molecule has 1 amide bonds. The lowest BCUT2D eigenvalue weighted by molar-refractivity contribution is 0.0730. The Morgan fingerprint density at radius 1 is 1.06 bits per heavy atom. The molecule has 166 valence electrons. The fourth-order valence-corrected chi connectivity index (χ4v) is 5.14. The van der Waals surface area contributed by atoms with E-state index in [1.54, 1.807) is 6.07 Å². The van der Waals surface area contributed by atoms with Crippen molar-refractivity contribution >= 4 is 27.6 Å². The van der Waals surface area contributed by atoms with Gasteiger partial charge in [0.25, 0.3) is 5.91 Å². The lowest BCUT2D eigenvalue weighted by atomic mass is 9.99. The summed E-state index contributed by atoms with van der Waals surface area (Å²) in [4.78, 5) is 23.5. The molecule has 0 bridgehead atoms. The van der Waals surface area contributed by atoms with Gasteiger partial charge in [-0.3, -0.25) is 4.79 Å². The van der Waals surface area contributed by atoms with Gasteiger partial charge in [0.2, 0.25) is 10.0 Å². The average Bonchev–Trinajstić information content (AvgIpc) is 2.80. The minimum absolute atomic E-state index is 0.162. The fourth-order valence-electron chi connectivity index (χ4n) is 3.73.